The van der Waals surface area contributed by atoms with Crippen molar-refractivity contribution in [3.05, 3.63) is 11.6 Å². The molecule has 1 unspecified atom stereocenters. The molecule has 0 amide bonds. The largest absolute Gasteiger partial charge is 0.397 e. The Balaban J connectivity index is 1.63. The van der Waals surface area contributed by atoms with E-state index in [1.54, 1.807) is 6.92 Å². The highest BCUT2D eigenvalue weighted by atomic mass is 32.3. The van der Waals surface area contributed by atoms with Gasteiger partial charge in [0.2, 0.25) is 0 Å². The Morgan fingerprint density at radius 1 is 1.18 bits per heavy atom. The fourth-order valence-corrected chi connectivity index (χ4v) is 7.98. The maximum Gasteiger partial charge on any atom is 0.397 e. The molecule has 4 aliphatic rings. The van der Waals surface area contributed by atoms with Crippen molar-refractivity contribution < 1.29 is 27.1 Å². The first-order valence-electron chi connectivity index (χ1n) is 10.5. The molecule has 0 bridgehead atoms. The Morgan fingerprint density at radius 3 is 2.54 bits per heavy atom. The van der Waals surface area contributed by atoms with Crippen LogP contribution in [-0.2, 0) is 19.4 Å². The monoisotopic (exact) mass is 412 g/mol. The van der Waals surface area contributed by atoms with Crippen molar-refractivity contribution in [2.24, 2.45) is 34.5 Å². The molecule has 3 saturated carbocycles. The first-order valence-corrected chi connectivity index (χ1v) is 11.9. The fraction of sp³-hybridized carbons (Fsp3) is 0.857. The molecule has 0 heterocycles. The number of aliphatic hydroxyl groups excluding tert-OH is 1. The third kappa shape index (κ3) is 3.09. The lowest BCUT2D eigenvalue weighted by Crippen LogP contribution is -2.54. The summed E-state index contributed by atoms with van der Waals surface area (Å²) in [6.45, 7) is 6.16. The number of aliphatic hydroxyl groups is 1. The second-order valence-electron chi connectivity index (χ2n) is 10.1. The summed E-state index contributed by atoms with van der Waals surface area (Å²) in [7, 11) is -4.48. The van der Waals surface area contributed by atoms with Crippen molar-refractivity contribution in [3.63, 3.8) is 0 Å². The molecule has 8 atom stereocenters. The van der Waals surface area contributed by atoms with Crippen LogP contribution < -0.4 is 0 Å². The van der Waals surface area contributed by atoms with Gasteiger partial charge in [-0.3, -0.25) is 9.35 Å². The van der Waals surface area contributed by atoms with Crippen LogP contribution in [0.1, 0.15) is 65.7 Å². The highest BCUT2D eigenvalue weighted by molar-refractivity contribution is 7.80. The van der Waals surface area contributed by atoms with E-state index in [2.05, 4.69) is 19.9 Å². The van der Waals surface area contributed by atoms with Crippen LogP contribution in [0.2, 0.25) is 0 Å². The number of ketones is 1. The quantitative estimate of drug-likeness (QED) is 0.545. The summed E-state index contributed by atoms with van der Waals surface area (Å²) in [6, 6.07) is 0. The molecule has 6 nitrogen and oxygen atoms in total. The Labute approximate surface area is 167 Å². The van der Waals surface area contributed by atoms with Crippen molar-refractivity contribution in [1.82, 2.24) is 0 Å². The minimum Gasteiger partial charge on any atom is -0.393 e. The van der Waals surface area contributed by atoms with Crippen LogP contribution in [0.5, 0.6) is 0 Å². The topological polar surface area (TPSA) is 101 Å². The van der Waals surface area contributed by atoms with E-state index in [9.17, 15) is 18.3 Å². The van der Waals surface area contributed by atoms with Crippen LogP contribution in [0.25, 0.3) is 0 Å². The van der Waals surface area contributed by atoms with E-state index in [4.69, 9.17) is 8.74 Å². The number of carbonyl (C=O) groups is 1. The summed E-state index contributed by atoms with van der Waals surface area (Å²) >= 11 is 0. The third-order valence-corrected chi connectivity index (χ3v) is 9.26. The molecule has 0 saturated heterocycles. The number of carbonyl (C=O) groups excluding carboxylic acids is 1. The minimum absolute atomic E-state index is 0.0196. The average Bonchev–Trinajstić information content (AvgIpc) is 2.92. The molecule has 28 heavy (non-hydrogen) atoms. The lowest BCUT2D eigenvalue weighted by molar-refractivity contribution is -0.125. The van der Waals surface area contributed by atoms with Gasteiger partial charge in [-0.25, -0.2) is 4.18 Å². The summed E-state index contributed by atoms with van der Waals surface area (Å²) in [6.07, 6.45) is 6.47. The van der Waals surface area contributed by atoms with E-state index in [0.29, 0.717) is 31.1 Å². The molecular formula is C21H32O6S. The Bertz CT molecular complexity index is 804. The zero-order valence-electron chi connectivity index (χ0n) is 16.9. The number of rotatable bonds is 3. The molecule has 0 radical (unpaired) electrons. The van der Waals surface area contributed by atoms with Crippen LogP contribution in [0, 0.1) is 34.5 Å². The standard InChI is InChI=1S/C21H32O6S/c1-12(22)15-4-5-16-14-11-19(23)18-10-13(27-28(24,25)26)6-8-21(18,3)17(14)7-9-20(15,16)2/h7,13-16,18-19,23H,4-6,8-11H2,1-3H3,(H,24,25,26)/t13-,14-,15+,16-,18?,19-,20+,21+/m0/s1. The molecule has 3 fully saturated rings. The molecule has 0 aromatic heterocycles. The highest BCUT2D eigenvalue weighted by Gasteiger charge is 2.60. The maximum absolute atomic E-state index is 12.2. The van der Waals surface area contributed by atoms with Gasteiger partial charge in [0.25, 0.3) is 0 Å². The molecule has 158 valence electrons. The van der Waals surface area contributed by atoms with E-state index in [1.807, 2.05) is 0 Å². The van der Waals surface area contributed by atoms with Gasteiger partial charge < -0.3 is 5.11 Å². The average molecular weight is 413 g/mol. The number of hydrogen-bond donors (Lipinski definition) is 2. The van der Waals surface area contributed by atoms with Gasteiger partial charge in [-0.1, -0.05) is 25.5 Å². The number of fused-ring (bicyclic) bond motifs is 5. The maximum atomic E-state index is 12.2. The second kappa shape index (κ2) is 6.62. The smallest absolute Gasteiger partial charge is 0.393 e. The van der Waals surface area contributed by atoms with Crippen molar-refractivity contribution in [2.45, 2.75) is 77.9 Å². The van der Waals surface area contributed by atoms with Gasteiger partial charge in [0.15, 0.2) is 0 Å². The molecular weight excluding hydrogens is 380 g/mol. The zero-order chi connectivity index (χ0) is 20.5. The van der Waals surface area contributed by atoms with Gasteiger partial charge in [-0.15, -0.1) is 0 Å². The molecule has 4 rings (SSSR count). The predicted octanol–water partition coefficient (Wildman–Crippen LogP) is 3.31. The molecule has 0 aromatic carbocycles. The van der Waals surface area contributed by atoms with Crippen LogP contribution in [0.3, 0.4) is 0 Å². The van der Waals surface area contributed by atoms with Gasteiger partial charge in [0.1, 0.15) is 5.78 Å². The number of allylic oxidation sites excluding steroid dienone is 2. The van der Waals surface area contributed by atoms with Crippen molar-refractivity contribution in [2.75, 3.05) is 0 Å². The van der Waals surface area contributed by atoms with Crippen LogP contribution in [-0.4, -0.2) is 36.1 Å². The van der Waals surface area contributed by atoms with Crippen molar-refractivity contribution in [3.8, 4) is 0 Å². The first-order chi connectivity index (χ1) is 13.0. The van der Waals surface area contributed by atoms with Gasteiger partial charge in [0, 0.05) is 5.92 Å². The zero-order valence-corrected chi connectivity index (χ0v) is 17.7. The van der Waals surface area contributed by atoms with Gasteiger partial charge >= 0.3 is 10.4 Å². The van der Waals surface area contributed by atoms with Crippen LogP contribution >= 0.6 is 0 Å². The summed E-state index contributed by atoms with van der Waals surface area (Å²) < 4.78 is 36.1. The normalized spacial score (nSPS) is 48.2. The lowest BCUT2D eigenvalue weighted by Gasteiger charge is -2.58. The molecule has 0 aromatic rings. The molecule has 7 heteroatoms. The molecule has 0 aliphatic heterocycles. The Kier molecular flexibility index (Phi) is 4.85. The second-order valence-corrected chi connectivity index (χ2v) is 11.1. The fourth-order valence-electron chi connectivity index (χ4n) is 7.46. The highest BCUT2D eigenvalue weighted by Crippen LogP contribution is 2.65. The van der Waals surface area contributed by atoms with E-state index < -0.39 is 22.6 Å². The van der Waals surface area contributed by atoms with Crippen LogP contribution in [0.4, 0.5) is 0 Å². The van der Waals surface area contributed by atoms with Crippen molar-refractivity contribution in [1.29, 1.82) is 0 Å². The van der Waals surface area contributed by atoms with Gasteiger partial charge in [-0.2, -0.15) is 8.42 Å². The number of hydrogen-bond acceptors (Lipinski definition) is 5. The van der Waals surface area contributed by atoms with E-state index in [0.717, 1.165) is 25.7 Å². The Morgan fingerprint density at radius 2 is 1.89 bits per heavy atom. The van der Waals surface area contributed by atoms with E-state index >= 15 is 0 Å². The SMILES string of the molecule is CC(=O)[C@H]1CC[C@H]2[C@@H]3C[C@H](O)C4C[C@@H](OS(=O)(=O)O)CC[C@]4(C)C3=CC[C@]12C. The van der Waals surface area contributed by atoms with Crippen molar-refractivity contribution >= 4 is 16.2 Å². The Hall–Kier alpha value is -0.760. The van der Waals surface area contributed by atoms with E-state index in [-0.39, 0.29) is 28.4 Å². The third-order valence-electron chi connectivity index (χ3n) is 8.75. The summed E-state index contributed by atoms with van der Waals surface area (Å²) in [5, 5.41) is 11.0. The van der Waals surface area contributed by atoms with Gasteiger partial charge in [-0.05, 0) is 80.5 Å². The summed E-state index contributed by atoms with van der Waals surface area (Å²) in [5.74, 6) is 1.02. The summed E-state index contributed by atoms with van der Waals surface area (Å²) in [5.41, 5.74) is 1.20. The lowest BCUT2D eigenvalue weighted by atomic mass is 9.48. The van der Waals surface area contributed by atoms with E-state index in [1.165, 1.54) is 5.57 Å². The minimum atomic E-state index is -4.48. The van der Waals surface area contributed by atoms with Gasteiger partial charge in [0.05, 0.1) is 12.2 Å². The molecule has 0 spiro atoms. The van der Waals surface area contributed by atoms with Crippen LogP contribution in [0.15, 0.2) is 11.6 Å². The molecule has 2 N–H and O–H groups in total. The number of Topliss-reactive ketones (excluding diaryl/α,β-unsaturated/α-hetero) is 1. The first kappa shape index (κ1) is 20.5. The molecule has 4 aliphatic carbocycles. The predicted molar refractivity (Wildman–Crippen MR) is 104 cm³/mol. The summed E-state index contributed by atoms with van der Waals surface area (Å²) in [4.78, 5) is 12.2.